The summed E-state index contributed by atoms with van der Waals surface area (Å²) in [6.07, 6.45) is 1.95. The van der Waals surface area contributed by atoms with Gasteiger partial charge in [-0.05, 0) is 38.4 Å². The van der Waals surface area contributed by atoms with Crippen molar-refractivity contribution in [1.29, 1.82) is 0 Å². The van der Waals surface area contributed by atoms with Crippen LogP contribution in [-0.4, -0.2) is 80.8 Å². The van der Waals surface area contributed by atoms with E-state index in [0.29, 0.717) is 32.1 Å². The smallest absolute Gasteiger partial charge is 0.282 e. The van der Waals surface area contributed by atoms with Crippen LogP contribution in [0.15, 0.2) is 0 Å². The number of likely N-dealkylation sites (N-methyl/N-ethyl adjacent to an activating group) is 1. The fraction of sp³-hybridized carbons (Fsp3) is 1.00. The quantitative estimate of drug-likeness (QED) is 0.760. The first-order chi connectivity index (χ1) is 10.1. The van der Waals surface area contributed by atoms with Gasteiger partial charge in [-0.2, -0.15) is 17.0 Å². The predicted octanol–water partition coefficient (Wildman–Crippen LogP) is 0.190. The number of nitrogens with zero attached hydrogens (tertiary/aromatic N) is 3. The minimum atomic E-state index is -3.24. The molecular weight excluding hydrogens is 288 g/mol. The molecule has 2 rings (SSSR count). The van der Waals surface area contributed by atoms with E-state index in [1.54, 1.807) is 8.61 Å². The topological polar surface area (TPSA) is 55.9 Å². The number of nitrogens with one attached hydrogen (secondary N) is 1. The zero-order chi connectivity index (χ0) is 15.3. The van der Waals surface area contributed by atoms with Crippen LogP contribution in [0.25, 0.3) is 0 Å². The van der Waals surface area contributed by atoms with E-state index in [9.17, 15) is 8.42 Å². The second-order valence-electron chi connectivity index (χ2n) is 5.99. The van der Waals surface area contributed by atoms with Crippen LogP contribution in [-0.2, 0) is 10.2 Å². The van der Waals surface area contributed by atoms with Gasteiger partial charge in [0.15, 0.2) is 0 Å². The lowest BCUT2D eigenvalue weighted by Crippen LogP contribution is -2.54. The third kappa shape index (κ3) is 4.39. The molecule has 2 aliphatic rings. The SMILES string of the molecule is CCNCC1CCN(S(=O)(=O)N2CCN(CC)CC2)CC1. The van der Waals surface area contributed by atoms with Gasteiger partial charge >= 0.3 is 0 Å². The van der Waals surface area contributed by atoms with Crippen LogP contribution >= 0.6 is 0 Å². The van der Waals surface area contributed by atoms with Gasteiger partial charge in [-0.25, -0.2) is 0 Å². The van der Waals surface area contributed by atoms with Crippen LogP contribution in [0.5, 0.6) is 0 Å². The molecule has 0 amide bonds. The fourth-order valence-electron chi connectivity index (χ4n) is 3.13. The van der Waals surface area contributed by atoms with E-state index in [4.69, 9.17) is 0 Å². The zero-order valence-corrected chi connectivity index (χ0v) is 14.2. The maximum Gasteiger partial charge on any atom is 0.282 e. The molecule has 0 bridgehead atoms. The third-order valence-electron chi connectivity index (χ3n) is 4.69. The summed E-state index contributed by atoms with van der Waals surface area (Å²) in [5.41, 5.74) is 0. The van der Waals surface area contributed by atoms with Gasteiger partial charge in [0.05, 0.1) is 0 Å². The van der Waals surface area contributed by atoms with Gasteiger partial charge in [-0.1, -0.05) is 13.8 Å². The molecule has 0 aromatic carbocycles. The Morgan fingerprint density at radius 2 is 1.52 bits per heavy atom. The van der Waals surface area contributed by atoms with Gasteiger partial charge < -0.3 is 10.2 Å². The molecule has 2 fully saturated rings. The molecule has 0 saturated carbocycles. The highest BCUT2D eigenvalue weighted by atomic mass is 32.2. The third-order valence-corrected chi connectivity index (χ3v) is 6.72. The summed E-state index contributed by atoms with van der Waals surface area (Å²) >= 11 is 0. The van der Waals surface area contributed by atoms with Gasteiger partial charge in [-0.3, -0.25) is 0 Å². The first-order valence-corrected chi connectivity index (χ1v) is 9.66. The van der Waals surface area contributed by atoms with Gasteiger partial charge in [0, 0.05) is 39.3 Å². The number of piperazine rings is 1. The van der Waals surface area contributed by atoms with Crippen LogP contribution in [0.3, 0.4) is 0 Å². The average Bonchev–Trinajstić information content (AvgIpc) is 2.53. The van der Waals surface area contributed by atoms with Crippen molar-refractivity contribution in [2.75, 3.05) is 58.9 Å². The van der Waals surface area contributed by atoms with E-state index in [0.717, 1.165) is 45.6 Å². The lowest BCUT2D eigenvalue weighted by Gasteiger charge is -2.38. The Morgan fingerprint density at radius 1 is 0.952 bits per heavy atom. The largest absolute Gasteiger partial charge is 0.317 e. The van der Waals surface area contributed by atoms with E-state index >= 15 is 0 Å². The highest BCUT2D eigenvalue weighted by Gasteiger charge is 2.34. The normalized spacial score (nSPS) is 24.5. The summed E-state index contributed by atoms with van der Waals surface area (Å²) < 4.78 is 28.7. The lowest BCUT2D eigenvalue weighted by atomic mass is 9.98. The molecule has 0 radical (unpaired) electrons. The van der Waals surface area contributed by atoms with E-state index in [1.807, 2.05) is 0 Å². The first kappa shape index (κ1) is 17.1. The molecule has 0 atom stereocenters. The Balaban J connectivity index is 1.84. The van der Waals surface area contributed by atoms with E-state index in [2.05, 4.69) is 24.1 Å². The average molecular weight is 318 g/mol. The minimum absolute atomic E-state index is 0.619. The molecule has 0 aromatic heterocycles. The summed E-state index contributed by atoms with van der Waals surface area (Å²) in [5, 5.41) is 3.36. The Bertz CT molecular complexity index is 399. The van der Waals surface area contributed by atoms with E-state index < -0.39 is 10.2 Å². The predicted molar refractivity (Wildman–Crippen MR) is 85.4 cm³/mol. The summed E-state index contributed by atoms with van der Waals surface area (Å²) in [6.45, 7) is 11.6. The molecule has 2 saturated heterocycles. The Labute approximate surface area is 129 Å². The standard InChI is InChI=1S/C14H30N4O2S/c1-3-15-13-14-5-7-17(8-6-14)21(19,20)18-11-9-16(4-2)10-12-18/h14-15H,3-13H2,1-2H3. The summed E-state index contributed by atoms with van der Waals surface area (Å²) in [4.78, 5) is 2.30. The van der Waals surface area contributed by atoms with Crippen molar-refractivity contribution in [3.8, 4) is 0 Å². The molecular formula is C14H30N4O2S. The van der Waals surface area contributed by atoms with Crippen LogP contribution in [0.1, 0.15) is 26.7 Å². The Kier molecular flexibility index (Phi) is 6.43. The molecule has 1 N–H and O–H groups in total. The zero-order valence-electron chi connectivity index (χ0n) is 13.4. The van der Waals surface area contributed by atoms with Gasteiger partial charge in [0.2, 0.25) is 0 Å². The minimum Gasteiger partial charge on any atom is -0.317 e. The van der Waals surface area contributed by atoms with Gasteiger partial charge in [0.25, 0.3) is 10.2 Å². The number of hydrogen-bond acceptors (Lipinski definition) is 4. The van der Waals surface area contributed by atoms with Crippen molar-refractivity contribution < 1.29 is 8.42 Å². The second-order valence-corrected chi connectivity index (χ2v) is 7.92. The maximum atomic E-state index is 12.7. The second kappa shape index (κ2) is 7.87. The van der Waals surface area contributed by atoms with Crippen LogP contribution in [0, 0.1) is 5.92 Å². The van der Waals surface area contributed by atoms with Crippen molar-refractivity contribution in [3.05, 3.63) is 0 Å². The molecule has 0 aliphatic carbocycles. The van der Waals surface area contributed by atoms with Crippen molar-refractivity contribution in [2.24, 2.45) is 5.92 Å². The van der Waals surface area contributed by atoms with Crippen molar-refractivity contribution in [1.82, 2.24) is 18.8 Å². The summed E-state index contributed by atoms with van der Waals surface area (Å²) in [5.74, 6) is 0.619. The summed E-state index contributed by atoms with van der Waals surface area (Å²) in [7, 11) is -3.24. The Hall–Kier alpha value is -0.210. The van der Waals surface area contributed by atoms with Gasteiger partial charge in [-0.15, -0.1) is 0 Å². The van der Waals surface area contributed by atoms with Crippen molar-refractivity contribution >= 4 is 10.2 Å². The molecule has 2 aliphatic heterocycles. The number of piperidine rings is 1. The van der Waals surface area contributed by atoms with E-state index in [1.165, 1.54) is 0 Å². The fourth-order valence-corrected chi connectivity index (χ4v) is 4.76. The van der Waals surface area contributed by atoms with E-state index in [-0.39, 0.29) is 0 Å². The van der Waals surface area contributed by atoms with Crippen LogP contribution in [0.4, 0.5) is 0 Å². The molecule has 21 heavy (non-hydrogen) atoms. The highest BCUT2D eigenvalue weighted by molar-refractivity contribution is 7.86. The maximum absolute atomic E-state index is 12.7. The molecule has 6 nitrogen and oxygen atoms in total. The lowest BCUT2D eigenvalue weighted by molar-refractivity contribution is 0.181. The van der Waals surface area contributed by atoms with Crippen molar-refractivity contribution in [2.45, 2.75) is 26.7 Å². The van der Waals surface area contributed by atoms with Crippen LogP contribution in [0.2, 0.25) is 0 Å². The van der Waals surface area contributed by atoms with Gasteiger partial charge in [0.1, 0.15) is 0 Å². The highest BCUT2D eigenvalue weighted by Crippen LogP contribution is 2.21. The molecule has 0 unspecified atom stereocenters. The molecule has 0 spiro atoms. The number of rotatable bonds is 6. The van der Waals surface area contributed by atoms with Crippen molar-refractivity contribution in [3.63, 3.8) is 0 Å². The number of hydrogen-bond donors (Lipinski definition) is 1. The van der Waals surface area contributed by atoms with Crippen LogP contribution < -0.4 is 5.32 Å². The molecule has 0 aromatic rings. The molecule has 124 valence electrons. The first-order valence-electron chi connectivity index (χ1n) is 8.26. The molecule has 2 heterocycles. The molecule has 7 heteroatoms. The summed E-state index contributed by atoms with van der Waals surface area (Å²) in [6, 6.07) is 0. The Morgan fingerprint density at radius 3 is 2.05 bits per heavy atom. The monoisotopic (exact) mass is 318 g/mol.